The van der Waals surface area contributed by atoms with E-state index < -0.39 is 10.1 Å². The molecule has 0 aliphatic carbocycles. The van der Waals surface area contributed by atoms with Crippen LogP contribution in [-0.4, -0.2) is 29.8 Å². The molecule has 4 nitrogen and oxygen atoms in total. The second-order valence-electron chi connectivity index (χ2n) is 26.0. The standard InChI is InChI=1S/C75H147NO3S/c1-4-7-10-13-16-19-22-25-28-31-34-37-40-43-46-49-52-55-58-61-64-67-71-76(74-70-75-80(77,78)79,72-68-65-62-59-56-53-50-47-44-41-38-35-32-29-26-23-20-17-14-11-8-5-2)73-69-66-63-60-57-54-51-48-45-42-39-36-33-30-27-24-21-18-15-12-9-6-3/h67-69,71-73H,4-66,70,74-75H2,1-3H3/b71-67+,72-68+,73-69+. The average Bonchev–Trinajstić information content (AvgIpc) is 3.44. The van der Waals surface area contributed by atoms with Crippen molar-refractivity contribution in [3.63, 3.8) is 0 Å². The Hall–Kier alpha value is -0.910. The van der Waals surface area contributed by atoms with Crippen molar-refractivity contribution in [2.45, 2.75) is 432 Å². The van der Waals surface area contributed by atoms with E-state index in [4.69, 9.17) is 0 Å². The van der Waals surface area contributed by atoms with Gasteiger partial charge in [-0.2, -0.15) is 0 Å². The zero-order chi connectivity index (χ0) is 57.9. The van der Waals surface area contributed by atoms with Crippen LogP contribution in [0, 0.1) is 0 Å². The Balaban J connectivity index is 4.76. The van der Waals surface area contributed by atoms with Crippen LogP contribution in [0.2, 0.25) is 0 Å². The minimum Gasteiger partial charge on any atom is -0.748 e. The molecule has 0 aromatic carbocycles. The van der Waals surface area contributed by atoms with Gasteiger partial charge in [0.1, 0.15) is 18.6 Å². The van der Waals surface area contributed by atoms with Gasteiger partial charge in [-0.3, -0.25) is 0 Å². The largest absolute Gasteiger partial charge is 0.748 e. The van der Waals surface area contributed by atoms with Crippen LogP contribution in [0.4, 0.5) is 0 Å². The van der Waals surface area contributed by atoms with E-state index in [1.807, 2.05) is 0 Å². The molecule has 0 rings (SSSR count). The first-order valence-electron chi connectivity index (χ1n) is 37.2. The molecule has 0 bridgehead atoms. The van der Waals surface area contributed by atoms with Crippen molar-refractivity contribution >= 4 is 10.1 Å². The summed E-state index contributed by atoms with van der Waals surface area (Å²) in [4.78, 5) is 0. The summed E-state index contributed by atoms with van der Waals surface area (Å²) in [5.41, 5.74) is 0. The van der Waals surface area contributed by atoms with Crippen LogP contribution >= 0.6 is 0 Å². The molecule has 0 saturated carbocycles. The van der Waals surface area contributed by atoms with Crippen molar-refractivity contribution in [3.8, 4) is 0 Å². The van der Waals surface area contributed by atoms with E-state index in [9.17, 15) is 13.0 Å². The minimum absolute atomic E-state index is 0.291. The maximum Gasteiger partial charge on any atom is 0.101 e. The molecule has 80 heavy (non-hydrogen) atoms. The van der Waals surface area contributed by atoms with Gasteiger partial charge in [0.15, 0.2) is 0 Å². The van der Waals surface area contributed by atoms with Gasteiger partial charge in [0, 0.05) is 12.2 Å². The van der Waals surface area contributed by atoms with Crippen LogP contribution < -0.4 is 0 Å². The van der Waals surface area contributed by atoms with Gasteiger partial charge in [0.05, 0.1) is 16.7 Å². The summed E-state index contributed by atoms with van der Waals surface area (Å²) < 4.78 is 35.9. The van der Waals surface area contributed by atoms with Gasteiger partial charge >= 0.3 is 0 Å². The first-order chi connectivity index (χ1) is 39.4. The monoisotopic (exact) mass is 1140 g/mol. The van der Waals surface area contributed by atoms with Gasteiger partial charge in [-0.1, -0.05) is 387 Å². The van der Waals surface area contributed by atoms with Gasteiger partial charge in [-0.05, 0) is 56.8 Å². The third-order valence-corrected chi connectivity index (χ3v) is 18.6. The van der Waals surface area contributed by atoms with Gasteiger partial charge < -0.3 is 4.55 Å². The van der Waals surface area contributed by atoms with E-state index >= 15 is 0 Å². The summed E-state index contributed by atoms with van der Waals surface area (Å²) in [6, 6.07) is 0. The van der Waals surface area contributed by atoms with Crippen LogP contribution in [0.25, 0.3) is 0 Å². The Morgan fingerprint density at radius 2 is 0.388 bits per heavy atom. The van der Waals surface area contributed by atoms with E-state index in [0.29, 0.717) is 17.4 Å². The number of hydrogen-bond acceptors (Lipinski definition) is 3. The smallest absolute Gasteiger partial charge is 0.101 e. The second kappa shape index (κ2) is 67.2. The van der Waals surface area contributed by atoms with E-state index in [1.165, 1.54) is 385 Å². The van der Waals surface area contributed by atoms with Crippen molar-refractivity contribution in [3.05, 3.63) is 36.8 Å². The molecule has 0 atom stereocenters. The fourth-order valence-corrected chi connectivity index (χ4v) is 12.7. The molecule has 0 spiro atoms. The maximum atomic E-state index is 11.8. The highest BCUT2D eigenvalue weighted by atomic mass is 32.2. The Morgan fingerprint density at radius 3 is 0.537 bits per heavy atom. The van der Waals surface area contributed by atoms with Crippen LogP contribution in [0.1, 0.15) is 432 Å². The summed E-state index contributed by atoms with van der Waals surface area (Å²) in [5, 5.41) is 0. The van der Waals surface area contributed by atoms with Crippen molar-refractivity contribution in [2.24, 2.45) is 0 Å². The lowest BCUT2D eigenvalue weighted by atomic mass is 10.0. The van der Waals surface area contributed by atoms with E-state index in [-0.39, 0.29) is 5.75 Å². The number of rotatable bonds is 70. The van der Waals surface area contributed by atoms with Crippen LogP contribution in [-0.2, 0) is 10.1 Å². The van der Waals surface area contributed by atoms with Gasteiger partial charge in [-0.25, -0.2) is 12.9 Å². The molecule has 476 valence electrons. The molecule has 0 aromatic heterocycles. The number of allylic oxidation sites excluding steroid dienone is 3. The number of unbranched alkanes of at least 4 members (excludes halogenated alkanes) is 60. The SMILES string of the molecule is CCCCCCCCCCCCCCCCCCCCCC/C=C/[N+](/C=C/CCCCCCCCCCCCCCCCCCCCCC)(/C=C/CCCCCCCCCCCCCCCCCCCCCC)CCCS(=O)(=O)[O-]. The molecule has 0 aliphatic heterocycles. The van der Waals surface area contributed by atoms with Gasteiger partial charge in [0.25, 0.3) is 0 Å². The fraction of sp³-hybridized carbons (Fsp3) is 0.920. The predicted octanol–water partition coefficient (Wildman–Crippen LogP) is 26.9. The lowest BCUT2D eigenvalue weighted by Crippen LogP contribution is -2.33. The maximum absolute atomic E-state index is 11.8. The van der Waals surface area contributed by atoms with Crippen molar-refractivity contribution in [2.75, 3.05) is 12.3 Å². The number of quaternary nitrogens is 1. The minimum atomic E-state index is -4.25. The highest BCUT2D eigenvalue weighted by Crippen LogP contribution is 2.22. The highest BCUT2D eigenvalue weighted by molar-refractivity contribution is 7.85. The van der Waals surface area contributed by atoms with Gasteiger partial charge in [-0.15, -0.1) is 0 Å². The van der Waals surface area contributed by atoms with Gasteiger partial charge in [0.2, 0.25) is 0 Å². The van der Waals surface area contributed by atoms with Crippen molar-refractivity contribution < 1.29 is 17.5 Å². The molecular formula is C75H147NO3S. The summed E-state index contributed by atoms with van der Waals surface area (Å²) in [6.45, 7) is 7.52. The first kappa shape index (κ1) is 79.1. The highest BCUT2D eigenvalue weighted by Gasteiger charge is 2.19. The van der Waals surface area contributed by atoms with E-state index in [0.717, 1.165) is 19.3 Å². The topological polar surface area (TPSA) is 57.2 Å². The third kappa shape index (κ3) is 66.2. The lowest BCUT2D eigenvalue weighted by Gasteiger charge is -2.27. The predicted molar refractivity (Wildman–Crippen MR) is 360 cm³/mol. The Bertz CT molecular complexity index is 1220. The normalized spacial score (nSPS) is 12.5. The molecule has 0 unspecified atom stereocenters. The average molecular weight is 1140 g/mol. The molecular weight excluding hydrogens is 995 g/mol. The zero-order valence-electron chi connectivity index (χ0n) is 55.2. The van der Waals surface area contributed by atoms with Crippen LogP contribution in [0.3, 0.4) is 0 Å². The Labute approximate surface area is 505 Å². The molecule has 0 aliphatic rings. The molecule has 0 N–H and O–H groups in total. The van der Waals surface area contributed by atoms with Crippen LogP contribution in [0.15, 0.2) is 36.8 Å². The Kier molecular flexibility index (Phi) is 66.5. The molecule has 5 heteroatoms. The quantitative estimate of drug-likeness (QED) is 0.0346. The molecule has 0 heterocycles. The van der Waals surface area contributed by atoms with Crippen molar-refractivity contribution in [1.82, 2.24) is 0 Å². The summed E-state index contributed by atoms with van der Waals surface area (Å²) >= 11 is 0. The molecule has 0 fully saturated rings. The number of nitrogens with zero attached hydrogens (tertiary/aromatic N) is 1. The summed E-state index contributed by atoms with van der Waals surface area (Å²) in [5.74, 6) is -0.291. The second-order valence-corrected chi connectivity index (χ2v) is 27.5. The molecule has 0 aromatic rings. The summed E-state index contributed by atoms with van der Waals surface area (Å²) in [6.07, 6.45) is 102. The zero-order valence-corrected chi connectivity index (χ0v) is 56.0. The molecule has 0 saturated heterocycles. The molecule has 0 amide bonds. The van der Waals surface area contributed by atoms with Crippen LogP contribution in [0.5, 0.6) is 0 Å². The lowest BCUT2D eigenvalue weighted by molar-refractivity contribution is -0.773. The number of hydrogen-bond donors (Lipinski definition) is 0. The summed E-state index contributed by atoms with van der Waals surface area (Å²) in [7, 11) is -4.25. The molecule has 0 radical (unpaired) electrons. The van der Waals surface area contributed by atoms with E-state index in [1.54, 1.807) is 0 Å². The first-order valence-corrected chi connectivity index (χ1v) is 38.8. The van der Waals surface area contributed by atoms with E-state index in [2.05, 4.69) is 57.6 Å². The van der Waals surface area contributed by atoms with Crippen molar-refractivity contribution in [1.29, 1.82) is 0 Å². The fourth-order valence-electron chi connectivity index (χ4n) is 12.3. The third-order valence-electron chi connectivity index (χ3n) is 17.8. The Morgan fingerprint density at radius 1 is 0.237 bits per heavy atom.